The summed E-state index contributed by atoms with van der Waals surface area (Å²) in [6.07, 6.45) is 0.796. The van der Waals surface area contributed by atoms with Gasteiger partial charge in [-0.05, 0) is 45.4 Å². The van der Waals surface area contributed by atoms with Crippen molar-refractivity contribution in [2.75, 3.05) is 31.5 Å². The SMILES string of the molecule is CC(C)(C)OC(=O)N1CCNCCCNc2ccccc2C1. The third-order valence-corrected chi connectivity index (χ3v) is 3.43. The summed E-state index contributed by atoms with van der Waals surface area (Å²) in [7, 11) is 0. The van der Waals surface area contributed by atoms with Gasteiger partial charge in [0, 0.05) is 25.3 Å². The fourth-order valence-electron chi connectivity index (χ4n) is 2.37. The maximum atomic E-state index is 12.4. The molecule has 0 spiro atoms. The standard InChI is InChI=1S/C17H27N3O2/c1-17(2,3)22-16(21)20-12-11-18-9-6-10-19-15-8-5-4-7-14(15)13-20/h4-5,7-8,18-19H,6,9-13H2,1-3H3. The molecule has 2 N–H and O–H groups in total. The van der Waals surface area contributed by atoms with Crippen LogP contribution in [0, 0.1) is 0 Å². The van der Waals surface area contributed by atoms with Gasteiger partial charge in [-0.2, -0.15) is 0 Å². The van der Waals surface area contributed by atoms with E-state index in [1.807, 2.05) is 32.9 Å². The predicted molar refractivity (Wildman–Crippen MR) is 89.1 cm³/mol. The van der Waals surface area contributed by atoms with Crippen LogP contribution in [0.1, 0.15) is 32.8 Å². The molecule has 0 radical (unpaired) electrons. The molecule has 1 heterocycles. The second-order valence-electron chi connectivity index (χ2n) is 6.59. The molecule has 0 fully saturated rings. The van der Waals surface area contributed by atoms with Gasteiger partial charge < -0.3 is 20.3 Å². The van der Waals surface area contributed by atoms with Gasteiger partial charge in [0.25, 0.3) is 0 Å². The lowest BCUT2D eigenvalue weighted by molar-refractivity contribution is 0.0236. The Morgan fingerprint density at radius 3 is 2.73 bits per heavy atom. The minimum absolute atomic E-state index is 0.261. The summed E-state index contributed by atoms with van der Waals surface area (Å²) in [6, 6.07) is 8.15. The molecule has 1 aliphatic rings. The molecule has 1 aromatic rings. The number of rotatable bonds is 0. The van der Waals surface area contributed by atoms with Crippen molar-refractivity contribution in [2.45, 2.75) is 39.3 Å². The number of anilines is 1. The van der Waals surface area contributed by atoms with Crippen LogP contribution >= 0.6 is 0 Å². The zero-order valence-electron chi connectivity index (χ0n) is 13.8. The molecule has 0 saturated carbocycles. The third-order valence-electron chi connectivity index (χ3n) is 3.43. The van der Waals surface area contributed by atoms with Gasteiger partial charge in [-0.15, -0.1) is 0 Å². The zero-order chi connectivity index (χ0) is 16.0. The van der Waals surface area contributed by atoms with E-state index in [9.17, 15) is 4.79 Å². The Hall–Kier alpha value is -1.75. The van der Waals surface area contributed by atoms with Crippen LogP contribution < -0.4 is 10.6 Å². The Morgan fingerprint density at radius 1 is 1.18 bits per heavy atom. The van der Waals surface area contributed by atoms with Gasteiger partial charge in [-0.1, -0.05) is 18.2 Å². The molecule has 0 saturated heterocycles. The van der Waals surface area contributed by atoms with E-state index < -0.39 is 5.60 Å². The molecule has 0 bridgehead atoms. The zero-order valence-corrected chi connectivity index (χ0v) is 13.8. The normalized spacial score (nSPS) is 17.0. The minimum Gasteiger partial charge on any atom is -0.444 e. The number of amides is 1. The monoisotopic (exact) mass is 305 g/mol. The lowest BCUT2D eigenvalue weighted by atomic mass is 10.1. The Balaban J connectivity index is 2.16. The maximum absolute atomic E-state index is 12.4. The van der Waals surface area contributed by atoms with Gasteiger partial charge in [0.2, 0.25) is 0 Å². The van der Waals surface area contributed by atoms with Crippen molar-refractivity contribution in [2.24, 2.45) is 0 Å². The van der Waals surface area contributed by atoms with Crippen molar-refractivity contribution in [1.29, 1.82) is 0 Å². The van der Waals surface area contributed by atoms with Crippen LogP contribution in [0.3, 0.4) is 0 Å². The second kappa shape index (κ2) is 7.49. The Labute approximate surface area is 133 Å². The highest BCUT2D eigenvalue weighted by atomic mass is 16.6. The van der Waals surface area contributed by atoms with Crippen molar-refractivity contribution >= 4 is 11.8 Å². The largest absolute Gasteiger partial charge is 0.444 e. The average Bonchev–Trinajstić information content (AvgIpc) is 2.48. The molecule has 2 rings (SSSR count). The predicted octanol–water partition coefficient (Wildman–Crippen LogP) is 2.83. The molecule has 1 aliphatic heterocycles. The number of fused-ring (bicyclic) bond motifs is 1. The number of carbonyl (C=O) groups excluding carboxylic acids is 1. The highest BCUT2D eigenvalue weighted by Gasteiger charge is 2.22. The van der Waals surface area contributed by atoms with Crippen LogP contribution in [0.15, 0.2) is 24.3 Å². The lowest BCUT2D eigenvalue weighted by Crippen LogP contribution is -2.40. The highest BCUT2D eigenvalue weighted by Crippen LogP contribution is 2.19. The van der Waals surface area contributed by atoms with Crippen molar-refractivity contribution in [3.63, 3.8) is 0 Å². The summed E-state index contributed by atoms with van der Waals surface area (Å²) in [5.74, 6) is 0. The molecule has 5 nitrogen and oxygen atoms in total. The Morgan fingerprint density at radius 2 is 1.95 bits per heavy atom. The Kier molecular flexibility index (Phi) is 5.66. The van der Waals surface area contributed by atoms with E-state index in [1.54, 1.807) is 4.90 Å². The van der Waals surface area contributed by atoms with E-state index in [2.05, 4.69) is 22.8 Å². The van der Waals surface area contributed by atoms with E-state index in [1.165, 1.54) is 0 Å². The van der Waals surface area contributed by atoms with E-state index in [4.69, 9.17) is 4.74 Å². The van der Waals surface area contributed by atoms with Crippen molar-refractivity contribution in [3.8, 4) is 0 Å². The topological polar surface area (TPSA) is 53.6 Å². The number of hydrogen-bond acceptors (Lipinski definition) is 4. The summed E-state index contributed by atoms with van der Waals surface area (Å²) >= 11 is 0. The second-order valence-corrected chi connectivity index (χ2v) is 6.59. The van der Waals surface area contributed by atoms with Crippen molar-refractivity contribution in [1.82, 2.24) is 10.2 Å². The summed E-state index contributed by atoms with van der Waals surface area (Å²) < 4.78 is 5.53. The molecule has 0 aliphatic carbocycles. The van der Waals surface area contributed by atoms with Gasteiger partial charge in [0.1, 0.15) is 5.60 Å². The first kappa shape index (κ1) is 16.6. The number of nitrogens with zero attached hydrogens (tertiary/aromatic N) is 1. The molecule has 0 unspecified atom stereocenters. The van der Waals surface area contributed by atoms with Crippen LogP contribution in [0.2, 0.25) is 0 Å². The van der Waals surface area contributed by atoms with Crippen LogP contribution in [0.5, 0.6) is 0 Å². The average molecular weight is 305 g/mol. The first-order chi connectivity index (χ1) is 10.5. The summed E-state index contributed by atoms with van der Waals surface area (Å²) in [5, 5.41) is 6.82. The van der Waals surface area contributed by atoms with Gasteiger partial charge in [0.05, 0.1) is 6.54 Å². The number of carbonyl (C=O) groups is 1. The molecule has 1 aromatic carbocycles. The molecular weight excluding hydrogens is 278 g/mol. The summed E-state index contributed by atoms with van der Waals surface area (Å²) in [6.45, 7) is 9.53. The number of hydrogen-bond donors (Lipinski definition) is 2. The minimum atomic E-state index is -0.478. The van der Waals surface area contributed by atoms with Gasteiger partial charge >= 0.3 is 6.09 Å². The van der Waals surface area contributed by atoms with Crippen LogP contribution in [-0.2, 0) is 11.3 Å². The number of benzene rings is 1. The van der Waals surface area contributed by atoms with Crippen LogP contribution in [-0.4, -0.2) is 42.8 Å². The molecule has 0 atom stereocenters. The first-order valence-corrected chi connectivity index (χ1v) is 7.96. The number of nitrogens with one attached hydrogen (secondary N) is 2. The van der Waals surface area contributed by atoms with E-state index in [0.29, 0.717) is 13.1 Å². The van der Waals surface area contributed by atoms with Crippen molar-refractivity contribution < 1.29 is 9.53 Å². The number of para-hydroxylation sites is 1. The maximum Gasteiger partial charge on any atom is 0.410 e. The first-order valence-electron chi connectivity index (χ1n) is 7.96. The smallest absolute Gasteiger partial charge is 0.410 e. The van der Waals surface area contributed by atoms with Gasteiger partial charge in [-0.3, -0.25) is 0 Å². The van der Waals surface area contributed by atoms with E-state index in [-0.39, 0.29) is 6.09 Å². The van der Waals surface area contributed by atoms with Gasteiger partial charge in [0.15, 0.2) is 0 Å². The lowest BCUT2D eigenvalue weighted by Gasteiger charge is -2.28. The van der Waals surface area contributed by atoms with Crippen LogP contribution in [0.25, 0.3) is 0 Å². The van der Waals surface area contributed by atoms with E-state index in [0.717, 1.165) is 37.3 Å². The fourth-order valence-corrected chi connectivity index (χ4v) is 2.37. The summed E-state index contributed by atoms with van der Waals surface area (Å²) in [4.78, 5) is 14.2. The van der Waals surface area contributed by atoms with Crippen LogP contribution in [0.4, 0.5) is 10.5 Å². The Bertz CT molecular complexity index is 497. The molecule has 5 heteroatoms. The highest BCUT2D eigenvalue weighted by molar-refractivity contribution is 5.68. The van der Waals surface area contributed by atoms with Gasteiger partial charge in [-0.25, -0.2) is 4.79 Å². The molecule has 0 aromatic heterocycles. The van der Waals surface area contributed by atoms with Crippen molar-refractivity contribution in [3.05, 3.63) is 29.8 Å². The number of ether oxygens (including phenoxy) is 1. The quantitative estimate of drug-likeness (QED) is 0.774. The third kappa shape index (κ3) is 5.22. The summed E-state index contributed by atoms with van der Waals surface area (Å²) in [5.41, 5.74) is 1.74. The molecule has 1 amide bonds. The molecule has 122 valence electrons. The molecular formula is C17H27N3O2. The fraction of sp³-hybridized carbons (Fsp3) is 0.588. The molecule has 22 heavy (non-hydrogen) atoms. The van der Waals surface area contributed by atoms with E-state index >= 15 is 0 Å².